The molecule has 1 aromatic heterocycles. The minimum atomic E-state index is -0.776. The number of rotatable bonds is 7. The van der Waals surface area contributed by atoms with E-state index in [-0.39, 0.29) is 24.1 Å². The van der Waals surface area contributed by atoms with Crippen molar-refractivity contribution in [2.24, 2.45) is 5.92 Å². The molecule has 1 N–H and O–H groups in total. The van der Waals surface area contributed by atoms with Gasteiger partial charge in [-0.25, -0.2) is 0 Å². The van der Waals surface area contributed by atoms with E-state index in [2.05, 4.69) is 15.9 Å². The lowest BCUT2D eigenvalue weighted by molar-refractivity contribution is -0.151. The molecule has 0 radical (unpaired) electrons. The van der Waals surface area contributed by atoms with E-state index < -0.39 is 5.97 Å². The summed E-state index contributed by atoms with van der Waals surface area (Å²) in [5.74, 6) is -0.205. The fourth-order valence-corrected chi connectivity index (χ4v) is 3.92. The van der Waals surface area contributed by atoms with Crippen LogP contribution in [-0.4, -0.2) is 30.4 Å². The maximum atomic E-state index is 12.5. The fourth-order valence-electron chi connectivity index (χ4n) is 3.36. The van der Waals surface area contributed by atoms with E-state index in [4.69, 9.17) is 30.6 Å². The molecule has 0 aliphatic heterocycles. The molecule has 1 fully saturated rings. The van der Waals surface area contributed by atoms with Crippen LogP contribution in [0.15, 0.2) is 56.1 Å². The molecule has 8 heteroatoms. The summed E-state index contributed by atoms with van der Waals surface area (Å²) in [5, 5.41) is 9.69. The quantitative estimate of drug-likeness (QED) is 0.459. The number of para-hydroxylation sites is 1. The number of hydrogen-bond acceptors (Lipinski definition) is 5. The predicted octanol–water partition coefficient (Wildman–Crippen LogP) is 5.13. The van der Waals surface area contributed by atoms with E-state index in [1.807, 2.05) is 6.07 Å². The van der Waals surface area contributed by atoms with Crippen molar-refractivity contribution in [2.45, 2.75) is 18.9 Å². The molecule has 0 amide bonds. The molecule has 2 aromatic carbocycles. The predicted molar refractivity (Wildman–Crippen MR) is 116 cm³/mol. The summed E-state index contributed by atoms with van der Waals surface area (Å²) < 4.78 is 18.3. The van der Waals surface area contributed by atoms with Crippen molar-refractivity contribution < 1.29 is 23.8 Å². The Labute approximate surface area is 185 Å². The molecule has 1 saturated carbocycles. The Morgan fingerprint density at radius 2 is 2.00 bits per heavy atom. The third-order valence-electron chi connectivity index (χ3n) is 5.05. The lowest BCUT2D eigenvalue weighted by atomic mass is 9.82. The zero-order valence-corrected chi connectivity index (χ0v) is 18.1. The van der Waals surface area contributed by atoms with Crippen molar-refractivity contribution in [1.29, 1.82) is 0 Å². The monoisotopic (exact) mass is 492 g/mol. The van der Waals surface area contributed by atoms with Gasteiger partial charge in [0, 0.05) is 10.5 Å². The molecule has 1 aliphatic rings. The smallest absolute Gasteiger partial charge is 0.306 e. The summed E-state index contributed by atoms with van der Waals surface area (Å²) in [6.07, 6.45) is 1.01. The molecule has 4 rings (SSSR count). The third kappa shape index (κ3) is 4.38. The number of carbonyl (C=O) groups is 1. The summed E-state index contributed by atoms with van der Waals surface area (Å²) in [6, 6.07) is 11.9. The zero-order chi connectivity index (χ0) is 21.3. The molecular formula is C22H18BrClO6. The Morgan fingerprint density at radius 1 is 1.20 bits per heavy atom. The molecule has 0 saturated heterocycles. The first-order valence-corrected chi connectivity index (χ1v) is 10.6. The Kier molecular flexibility index (Phi) is 6.13. The van der Waals surface area contributed by atoms with Crippen LogP contribution in [0.5, 0.6) is 5.75 Å². The normalized spacial score (nSPS) is 18.2. The molecule has 0 unspecified atom stereocenters. The van der Waals surface area contributed by atoms with Gasteiger partial charge in [0.25, 0.3) is 0 Å². The number of hydrogen-bond donors (Lipinski definition) is 1. The van der Waals surface area contributed by atoms with Crippen molar-refractivity contribution in [3.8, 4) is 17.1 Å². The Morgan fingerprint density at radius 3 is 2.77 bits per heavy atom. The average Bonchev–Trinajstić information content (AvgIpc) is 2.67. The summed E-state index contributed by atoms with van der Waals surface area (Å²) in [4.78, 5) is 23.4. The number of fused-ring (bicyclic) bond motifs is 1. The average molecular weight is 494 g/mol. The van der Waals surface area contributed by atoms with Gasteiger partial charge in [-0.1, -0.05) is 33.6 Å². The molecule has 156 valence electrons. The highest BCUT2D eigenvalue weighted by Gasteiger charge is 2.34. The highest BCUT2D eigenvalue weighted by atomic mass is 79.9. The van der Waals surface area contributed by atoms with E-state index in [1.54, 1.807) is 30.3 Å². The van der Waals surface area contributed by atoms with Gasteiger partial charge >= 0.3 is 5.97 Å². The maximum absolute atomic E-state index is 12.5. The summed E-state index contributed by atoms with van der Waals surface area (Å²) in [7, 11) is 0. The molecule has 0 bridgehead atoms. The third-order valence-corrected chi connectivity index (χ3v) is 5.85. The van der Waals surface area contributed by atoms with Gasteiger partial charge in [-0.15, -0.1) is 0 Å². The minimum absolute atomic E-state index is 0.0441. The van der Waals surface area contributed by atoms with Crippen molar-refractivity contribution >= 4 is 44.5 Å². The SMILES string of the molecule is O=c1cc(-c2ccc(Br)cc2OCCO[C@H]2C[C@@H](C(=O)O)C2)oc2c(Cl)cccc12. The van der Waals surface area contributed by atoms with Crippen molar-refractivity contribution in [3.63, 3.8) is 0 Å². The Hall–Kier alpha value is -2.35. The van der Waals surface area contributed by atoms with Crippen LogP contribution < -0.4 is 10.2 Å². The minimum Gasteiger partial charge on any atom is -0.490 e. The van der Waals surface area contributed by atoms with Gasteiger partial charge in [-0.3, -0.25) is 9.59 Å². The molecular weight excluding hydrogens is 476 g/mol. The lowest BCUT2D eigenvalue weighted by Crippen LogP contribution is -2.37. The molecule has 3 aromatic rings. The van der Waals surface area contributed by atoms with E-state index in [0.29, 0.717) is 52.5 Å². The largest absolute Gasteiger partial charge is 0.490 e. The van der Waals surface area contributed by atoms with Gasteiger partial charge < -0.3 is 19.0 Å². The number of halogens is 2. The first-order valence-electron chi connectivity index (χ1n) is 9.42. The molecule has 0 spiro atoms. The van der Waals surface area contributed by atoms with Crippen molar-refractivity contribution in [3.05, 3.63) is 62.2 Å². The Balaban J connectivity index is 1.50. The lowest BCUT2D eigenvalue weighted by Gasteiger charge is -2.32. The van der Waals surface area contributed by atoms with Gasteiger partial charge in [0.15, 0.2) is 11.0 Å². The Bertz CT molecular complexity index is 1150. The number of carboxylic acids is 1. The fraction of sp³-hybridized carbons (Fsp3) is 0.273. The van der Waals surface area contributed by atoms with Gasteiger partial charge in [0.1, 0.15) is 18.1 Å². The molecule has 30 heavy (non-hydrogen) atoms. The van der Waals surface area contributed by atoms with Crippen molar-refractivity contribution in [1.82, 2.24) is 0 Å². The van der Waals surface area contributed by atoms with E-state index in [1.165, 1.54) is 6.07 Å². The van der Waals surface area contributed by atoms with E-state index in [9.17, 15) is 9.59 Å². The second kappa shape index (κ2) is 8.79. The topological polar surface area (TPSA) is 86.0 Å². The number of benzene rings is 2. The zero-order valence-electron chi connectivity index (χ0n) is 15.8. The molecule has 0 atom stereocenters. The van der Waals surface area contributed by atoms with Gasteiger partial charge in [-0.2, -0.15) is 0 Å². The van der Waals surface area contributed by atoms with Gasteiger partial charge in [0.2, 0.25) is 0 Å². The molecule has 6 nitrogen and oxygen atoms in total. The van der Waals surface area contributed by atoms with Crippen LogP contribution in [0.2, 0.25) is 5.02 Å². The first-order chi connectivity index (χ1) is 14.4. The number of ether oxygens (including phenoxy) is 2. The van der Waals surface area contributed by atoms with Crippen LogP contribution in [0.25, 0.3) is 22.3 Å². The van der Waals surface area contributed by atoms with Crippen LogP contribution in [0.4, 0.5) is 0 Å². The van der Waals surface area contributed by atoms with Gasteiger partial charge in [0.05, 0.1) is 34.6 Å². The van der Waals surface area contributed by atoms with Crippen LogP contribution in [-0.2, 0) is 9.53 Å². The second-order valence-corrected chi connectivity index (χ2v) is 8.40. The van der Waals surface area contributed by atoms with Crippen LogP contribution in [0.1, 0.15) is 12.8 Å². The molecule has 1 aliphatic carbocycles. The summed E-state index contributed by atoms with van der Waals surface area (Å²) in [5.41, 5.74) is 0.757. The van der Waals surface area contributed by atoms with E-state index in [0.717, 1.165) is 4.47 Å². The summed E-state index contributed by atoms with van der Waals surface area (Å²) in [6.45, 7) is 0.604. The maximum Gasteiger partial charge on any atom is 0.306 e. The van der Waals surface area contributed by atoms with Gasteiger partial charge in [-0.05, 0) is 43.2 Å². The van der Waals surface area contributed by atoms with Crippen molar-refractivity contribution in [2.75, 3.05) is 13.2 Å². The molecule has 1 heterocycles. The second-order valence-electron chi connectivity index (χ2n) is 7.08. The highest BCUT2D eigenvalue weighted by molar-refractivity contribution is 9.10. The summed E-state index contributed by atoms with van der Waals surface area (Å²) >= 11 is 9.64. The van der Waals surface area contributed by atoms with E-state index >= 15 is 0 Å². The first kappa shape index (κ1) is 20.9. The van der Waals surface area contributed by atoms with Crippen LogP contribution in [0.3, 0.4) is 0 Å². The van der Waals surface area contributed by atoms with Crippen LogP contribution in [0, 0.1) is 5.92 Å². The standard InChI is InChI=1S/C22H18BrClO6/c23-13-4-5-16(20-11-18(25)15-2-1-3-17(24)21(15)30-20)19(10-13)29-7-6-28-14-8-12(9-14)22(26)27/h1-5,10-12,14H,6-9H2,(H,26,27)/t12-,14+. The number of aliphatic carboxylic acids is 1. The highest BCUT2D eigenvalue weighted by Crippen LogP contribution is 2.35. The van der Waals surface area contributed by atoms with Crippen LogP contribution >= 0.6 is 27.5 Å². The number of carboxylic acid groups (broad SMARTS) is 1.